The summed E-state index contributed by atoms with van der Waals surface area (Å²) in [4.78, 5) is 0.00120. The van der Waals surface area contributed by atoms with Crippen molar-refractivity contribution >= 4 is 20.9 Å². The maximum absolute atomic E-state index is 11.8. The van der Waals surface area contributed by atoms with Crippen LogP contribution in [-0.4, -0.2) is 13.0 Å². The predicted molar refractivity (Wildman–Crippen MR) is 96.0 cm³/mol. The van der Waals surface area contributed by atoms with E-state index in [4.69, 9.17) is 0 Å². The molecule has 0 bridgehead atoms. The van der Waals surface area contributed by atoms with Gasteiger partial charge < -0.3 is 0 Å². The molecule has 23 heavy (non-hydrogen) atoms. The van der Waals surface area contributed by atoms with E-state index in [1.54, 1.807) is 0 Å². The van der Waals surface area contributed by atoms with Gasteiger partial charge in [-0.1, -0.05) is 53.7 Å². The Labute approximate surface area is 139 Å². The molecule has 0 unspecified atom stereocenters. The SMILES string of the molecule is CC(C)c1cc(C(C)C)c2c(C(C)C)ccc(S(=O)(=O)O)c2c1. The largest absolute Gasteiger partial charge is 0.295 e. The second-order valence-electron chi connectivity index (χ2n) is 7.12. The molecule has 2 aromatic carbocycles. The lowest BCUT2D eigenvalue weighted by Crippen LogP contribution is -2.05. The van der Waals surface area contributed by atoms with Gasteiger partial charge in [-0.25, -0.2) is 0 Å². The summed E-state index contributed by atoms with van der Waals surface area (Å²) in [7, 11) is -4.26. The van der Waals surface area contributed by atoms with Crippen molar-refractivity contribution in [3.63, 3.8) is 0 Å². The summed E-state index contributed by atoms with van der Waals surface area (Å²) in [5.41, 5.74) is 3.35. The number of hydrogen-bond donors (Lipinski definition) is 1. The Balaban J connectivity index is 3.08. The van der Waals surface area contributed by atoms with Crippen molar-refractivity contribution in [2.45, 2.75) is 64.2 Å². The topological polar surface area (TPSA) is 54.4 Å². The van der Waals surface area contributed by atoms with E-state index in [0.29, 0.717) is 5.39 Å². The van der Waals surface area contributed by atoms with Crippen LogP contribution in [0.1, 0.15) is 76.0 Å². The highest BCUT2D eigenvalue weighted by atomic mass is 32.2. The first-order valence-corrected chi connectivity index (χ1v) is 9.56. The summed E-state index contributed by atoms with van der Waals surface area (Å²) in [5.74, 6) is 0.828. The highest BCUT2D eigenvalue weighted by Crippen LogP contribution is 2.38. The number of benzene rings is 2. The van der Waals surface area contributed by atoms with Crippen LogP contribution >= 0.6 is 0 Å². The second kappa shape index (κ2) is 6.25. The molecule has 0 radical (unpaired) electrons. The quantitative estimate of drug-likeness (QED) is 0.756. The fourth-order valence-electron chi connectivity index (χ4n) is 3.04. The van der Waals surface area contributed by atoms with Crippen LogP contribution in [0.25, 0.3) is 10.8 Å². The molecule has 0 aliphatic carbocycles. The first-order valence-electron chi connectivity index (χ1n) is 8.12. The Kier molecular flexibility index (Phi) is 4.88. The maximum Gasteiger partial charge on any atom is 0.295 e. The first-order chi connectivity index (χ1) is 10.5. The van der Waals surface area contributed by atoms with Crippen LogP contribution in [-0.2, 0) is 10.1 Å². The smallest absolute Gasteiger partial charge is 0.282 e. The number of fused-ring (bicyclic) bond motifs is 1. The minimum atomic E-state index is -4.26. The van der Waals surface area contributed by atoms with Crippen LogP contribution in [0.5, 0.6) is 0 Å². The summed E-state index contributed by atoms with van der Waals surface area (Å²) in [6, 6.07) is 7.45. The molecule has 0 aromatic heterocycles. The van der Waals surface area contributed by atoms with E-state index in [2.05, 4.69) is 47.6 Å². The lowest BCUT2D eigenvalue weighted by atomic mass is 9.85. The molecule has 0 saturated carbocycles. The third-order valence-corrected chi connectivity index (χ3v) is 5.26. The van der Waals surface area contributed by atoms with Gasteiger partial charge in [-0.3, -0.25) is 4.55 Å². The van der Waals surface area contributed by atoms with Crippen LogP contribution in [0, 0.1) is 0 Å². The highest BCUT2D eigenvalue weighted by molar-refractivity contribution is 7.86. The summed E-state index contributed by atoms with van der Waals surface area (Å²) in [5, 5.41) is 1.60. The van der Waals surface area contributed by atoms with Gasteiger partial charge in [0.1, 0.15) is 4.90 Å². The zero-order chi connectivity index (χ0) is 17.5. The van der Waals surface area contributed by atoms with Crippen LogP contribution in [0.4, 0.5) is 0 Å². The van der Waals surface area contributed by atoms with E-state index in [-0.39, 0.29) is 22.6 Å². The van der Waals surface area contributed by atoms with Gasteiger partial charge in [0.25, 0.3) is 10.1 Å². The standard InChI is InChI=1S/C19H26O3S/c1-11(2)14-9-16(13(5)6)19-15(12(3)4)7-8-18(17(19)10-14)23(20,21)22/h7-13H,1-6H3,(H,20,21,22). The number of rotatable bonds is 4. The minimum absolute atomic E-state index is 0.00120. The predicted octanol–water partition coefficient (Wildman–Crippen LogP) is 5.46. The molecular weight excluding hydrogens is 308 g/mol. The van der Waals surface area contributed by atoms with E-state index < -0.39 is 10.1 Å². The van der Waals surface area contributed by atoms with E-state index in [1.807, 2.05) is 12.1 Å². The van der Waals surface area contributed by atoms with E-state index >= 15 is 0 Å². The highest BCUT2D eigenvalue weighted by Gasteiger charge is 2.21. The molecule has 2 rings (SSSR count). The Bertz CT molecular complexity index is 831. The van der Waals surface area contributed by atoms with Crippen molar-refractivity contribution in [2.24, 2.45) is 0 Å². The van der Waals surface area contributed by atoms with Crippen LogP contribution < -0.4 is 0 Å². The Morgan fingerprint density at radius 3 is 1.83 bits per heavy atom. The molecule has 0 aliphatic rings. The Hall–Kier alpha value is -1.39. The summed E-state index contributed by atoms with van der Waals surface area (Å²) < 4.78 is 33.3. The van der Waals surface area contributed by atoms with Gasteiger partial charge in [-0.15, -0.1) is 0 Å². The summed E-state index contributed by atoms with van der Waals surface area (Å²) in [6.45, 7) is 12.6. The van der Waals surface area contributed by atoms with Crippen molar-refractivity contribution in [1.82, 2.24) is 0 Å². The molecule has 1 N–H and O–H groups in total. The van der Waals surface area contributed by atoms with Crippen LogP contribution in [0.3, 0.4) is 0 Å². The molecule has 0 fully saturated rings. The Morgan fingerprint density at radius 1 is 0.826 bits per heavy atom. The van der Waals surface area contributed by atoms with E-state index in [1.165, 1.54) is 6.07 Å². The van der Waals surface area contributed by atoms with Gasteiger partial charge in [0.15, 0.2) is 0 Å². The molecule has 126 valence electrons. The first kappa shape index (κ1) is 18.0. The molecule has 0 aliphatic heterocycles. The van der Waals surface area contributed by atoms with Gasteiger partial charge in [-0.05, 0) is 52.0 Å². The van der Waals surface area contributed by atoms with Gasteiger partial charge in [0.2, 0.25) is 0 Å². The lowest BCUT2D eigenvalue weighted by molar-refractivity contribution is 0.484. The zero-order valence-electron chi connectivity index (χ0n) is 14.7. The molecule has 0 atom stereocenters. The maximum atomic E-state index is 11.8. The van der Waals surface area contributed by atoms with Crippen LogP contribution in [0.15, 0.2) is 29.2 Å². The van der Waals surface area contributed by atoms with Gasteiger partial charge >= 0.3 is 0 Å². The molecule has 0 spiro atoms. The van der Waals surface area contributed by atoms with Gasteiger partial charge in [0, 0.05) is 5.39 Å². The fourth-order valence-corrected chi connectivity index (χ4v) is 3.72. The summed E-state index contributed by atoms with van der Waals surface area (Å²) in [6.07, 6.45) is 0. The number of hydrogen-bond acceptors (Lipinski definition) is 2. The van der Waals surface area contributed by atoms with E-state index in [9.17, 15) is 13.0 Å². The average molecular weight is 334 g/mol. The van der Waals surface area contributed by atoms with Gasteiger partial charge in [0.05, 0.1) is 0 Å². The zero-order valence-corrected chi connectivity index (χ0v) is 15.5. The molecule has 0 heterocycles. The normalized spacial score (nSPS) is 12.8. The van der Waals surface area contributed by atoms with Crippen molar-refractivity contribution in [3.05, 3.63) is 41.0 Å². The van der Waals surface area contributed by atoms with Crippen LogP contribution in [0.2, 0.25) is 0 Å². The van der Waals surface area contributed by atoms with Gasteiger partial charge in [-0.2, -0.15) is 8.42 Å². The molecular formula is C19H26O3S. The third-order valence-electron chi connectivity index (χ3n) is 4.35. The molecule has 0 amide bonds. The summed E-state index contributed by atoms with van der Waals surface area (Å²) >= 11 is 0. The fraction of sp³-hybridized carbons (Fsp3) is 0.474. The van der Waals surface area contributed by atoms with Crippen molar-refractivity contribution < 1.29 is 13.0 Å². The molecule has 0 saturated heterocycles. The Morgan fingerprint density at radius 2 is 1.39 bits per heavy atom. The minimum Gasteiger partial charge on any atom is -0.282 e. The monoisotopic (exact) mass is 334 g/mol. The van der Waals surface area contributed by atoms with Crippen molar-refractivity contribution in [2.75, 3.05) is 0 Å². The average Bonchev–Trinajstić information content (AvgIpc) is 2.43. The second-order valence-corrected chi connectivity index (χ2v) is 8.51. The molecule has 2 aromatic rings. The van der Waals surface area contributed by atoms with Crippen molar-refractivity contribution in [1.29, 1.82) is 0 Å². The van der Waals surface area contributed by atoms with Crippen molar-refractivity contribution in [3.8, 4) is 0 Å². The third kappa shape index (κ3) is 3.43. The molecule has 3 nitrogen and oxygen atoms in total. The lowest BCUT2D eigenvalue weighted by Gasteiger charge is -2.21. The van der Waals surface area contributed by atoms with E-state index in [0.717, 1.165) is 22.1 Å². The molecule has 4 heteroatoms.